The molecule has 0 bridgehead atoms. The number of benzene rings is 1. The lowest BCUT2D eigenvalue weighted by Crippen LogP contribution is -2.52. The van der Waals surface area contributed by atoms with Gasteiger partial charge >= 0.3 is 5.97 Å². The van der Waals surface area contributed by atoms with Gasteiger partial charge in [0.2, 0.25) is 10.0 Å². The van der Waals surface area contributed by atoms with E-state index in [1.54, 1.807) is 0 Å². The van der Waals surface area contributed by atoms with E-state index >= 15 is 0 Å². The number of carboxylic acid groups (broad SMARTS) is 1. The maximum atomic E-state index is 13.0. The molecule has 1 saturated heterocycles. The van der Waals surface area contributed by atoms with Gasteiger partial charge in [0.15, 0.2) is 4.90 Å². The van der Waals surface area contributed by atoms with Crippen LogP contribution >= 0.6 is 0 Å². The second-order valence-corrected chi connectivity index (χ2v) is 6.13. The molecule has 1 heterocycles. The monoisotopic (exact) mass is 304 g/mol. The first-order chi connectivity index (χ1) is 9.23. The topological polar surface area (TPSA) is 118 Å². The van der Waals surface area contributed by atoms with Crippen LogP contribution in [-0.2, 0) is 14.8 Å². The number of halogens is 1. The van der Waals surface area contributed by atoms with Gasteiger partial charge in [0.25, 0.3) is 5.69 Å². The van der Waals surface area contributed by atoms with Crippen LogP contribution in [-0.4, -0.2) is 41.8 Å². The van der Waals surface area contributed by atoms with Crippen molar-refractivity contribution in [3.05, 3.63) is 34.1 Å². The fourth-order valence-corrected chi connectivity index (χ4v) is 3.45. The van der Waals surface area contributed by atoms with Gasteiger partial charge in [-0.25, -0.2) is 12.8 Å². The Kier molecular flexibility index (Phi) is 3.44. The summed E-state index contributed by atoms with van der Waals surface area (Å²) in [4.78, 5) is 19.8. The van der Waals surface area contributed by atoms with Crippen molar-refractivity contribution in [2.45, 2.75) is 4.90 Å². The van der Waals surface area contributed by atoms with Crippen LogP contribution in [0.25, 0.3) is 0 Å². The van der Waals surface area contributed by atoms with Crippen molar-refractivity contribution >= 4 is 21.7 Å². The SMILES string of the molecule is O=C(O)C1CN(S(=O)(=O)c2ccc(F)cc2[N+](=O)[O-])C1. The highest BCUT2D eigenvalue weighted by molar-refractivity contribution is 7.89. The number of nitrogens with zero attached hydrogens (tertiary/aromatic N) is 2. The molecule has 1 aromatic rings. The summed E-state index contributed by atoms with van der Waals surface area (Å²) in [6, 6.07) is 2.12. The van der Waals surface area contributed by atoms with E-state index < -0.39 is 43.2 Å². The van der Waals surface area contributed by atoms with Crippen LogP contribution in [0.5, 0.6) is 0 Å². The second kappa shape index (κ2) is 4.80. The molecule has 0 aromatic heterocycles. The Labute approximate surface area is 112 Å². The Hall–Kier alpha value is -2.07. The fraction of sp³-hybridized carbons (Fsp3) is 0.300. The molecule has 1 N–H and O–H groups in total. The summed E-state index contributed by atoms with van der Waals surface area (Å²) < 4.78 is 38.0. The molecular formula is C10H9FN2O6S. The van der Waals surface area contributed by atoms with E-state index in [1.165, 1.54) is 0 Å². The Morgan fingerprint density at radius 2 is 2.05 bits per heavy atom. The molecule has 108 valence electrons. The standard InChI is InChI=1S/C10H9FN2O6S/c11-7-1-2-9(8(3-7)13(16)17)20(18,19)12-4-6(5-12)10(14)15/h1-3,6H,4-5H2,(H,14,15). The van der Waals surface area contributed by atoms with Gasteiger partial charge < -0.3 is 5.11 Å². The van der Waals surface area contributed by atoms with Crippen LogP contribution in [0.1, 0.15) is 0 Å². The third-order valence-corrected chi connectivity index (χ3v) is 4.81. The van der Waals surface area contributed by atoms with Crippen molar-refractivity contribution in [3.63, 3.8) is 0 Å². The number of carboxylic acids is 1. The summed E-state index contributed by atoms with van der Waals surface area (Å²) >= 11 is 0. The van der Waals surface area contributed by atoms with Crippen LogP contribution in [0.15, 0.2) is 23.1 Å². The zero-order valence-corrected chi connectivity index (χ0v) is 10.7. The third kappa shape index (κ3) is 2.34. The number of rotatable bonds is 4. The maximum Gasteiger partial charge on any atom is 0.309 e. The molecular weight excluding hydrogens is 295 g/mol. The van der Waals surface area contributed by atoms with Crippen molar-refractivity contribution in [2.24, 2.45) is 5.92 Å². The highest BCUT2D eigenvalue weighted by Gasteiger charge is 2.42. The molecule has 0 saturated carbocycles. The van der Waals surface area contributed by atoms with Crippen molar-refractivity contribution < 1.29 is 27.6 Å². The summed E-state index contributed by atoms with van der Waals surface area (Å²) in [6.45, 7) is -0.515. The van der Waals surface area contributed by atoms with Crippen molar-refractivity contribution in [1.29, 1.82) is 0 Å². The summed E-state index contributed by atoms with van der Waals surface area (Å²) in [7, 11) is -4.20. The lowest BCUT2D eigenvalue weighted by atomic mass is 10.0. The van der Waals surface area contributed by atoms with Crippen LogP contribution in [0.3, 0.4) is 0 Å². The van der Waals surface area contributed by atoms with Crippen LogP contribution in [0, 0.1) is 21.8 Å². The molecule has 20 heavy (non-hydrogen) atoms. The molecule has 10 heteroatoms. The number of hydrogen-bond donors (Lipinski definition) is 1. The highest BCUT2D eigenvalue weighted by Crippen LogP contribution is 2.31. The summed E-state index contributed by atoms with van der Waals surface area (Å²) in [5.41, 5.74) is -0.872. The Bertz CT molecular complexity index is 683. The van der Waals surface area contributed by atoms with Crippen LogP contribution in [0.2, 0.25) is 0 Å². The summed E-state index contributed by atoms with van der Waals surface area (Å²) in [5, 5.41) is 19.5. The molecule has 0 unspecified atom stereocenters. The molecule has 1 aliphatic heterocycles. The van der Waals surface area contributed by atoms with Gasteiger partial charge in [-0.05, 0) is 12.1 Å². The molecule has 0 atom stereocenters. The number of nitro groups is 1. The Morgan fingerprint density at radius 3 is 2.55 bits per heavy atom. The van der Waals surface area contributed by atoms with Crippen molar-refractivity contribution in [2.75, 3.05) is 13.1 Å². The lowest BCUT2D eigenvalue weighted by Gasteiger charge is -2.35. The van der Waals surface area contributed by atoms with Gasteiger partial charge in [0, 0.05) is 13.1 Å². The lowest BCUT2D eigenvalue weighted by molar-refractivity contribution is -0.388. The molecule has 0 radical (unpaired) electrons. The molecule has 0 amide bonds. The Balaban J connectivity index is 2.37. The van der Waals surface area contributed by atoms with Gasteiger partial charge in [0.1, 0.15) is 5.82 Å². The van der Waals surface area contributed by atoms with Gasteiger partial charge in [-0.3, -0.25) is 14.9 Å². The molecule has 0 aliphatic carbocycles. The minimum atomic E-state index is -4.20. The smallest absolute Gasteiger partial charge is 0.309 e. The normalized spacial score (nSPS) is 16.6. The van der Waals surface area contributed by atoms with Gasteiger partial charge in [-0.1, -0.05) is 0 Å². The largest absolute Gasteiger partial charge is 0.481 e. The molecule has 1 aliphatic rings. The van der Waals surface area contributed by atoms with Crippen molar-refractivity contribution in [3.8, 4) is 0 Å². The van der Waals surface area contributed by atoms with E-state index in [0.717, 1.165) is 16.4 Å². The van der Waals surface area contributed by atoms with E-state index in [2.05, 4.69) is 0 Å². The van der Waals surface area contributed by atoms with Crippen molar-refractivity contribution in [1.82, 2.24) is 4.31 Å². The number of sulfonamides is 1. The first-order valence-electron chi connectivity index (χ1n) is 5.40. The van der Waals surface area contributed by atoms with Gasteiger partial charge in [0.05, 0.1) is 16.9 Å². The molecule has 1 fully saturated rings. The quantitative estimate of drug-likeness (QED) is 0.637. The predicted molar refractivity (Wildman–Crippen MR) is 62.9 cm³/mol. The number of nitro benzene ring substituents is 1. The first kappa shape index (κ1) is 14.3. The highest BCUT2D eigenvalue weighted by atomic mass is 32.2. The average molecular weight is 304 g/mol. The number of aliphatic carboxylic acids is 1. The number of hydrogen-bond acceptors (Lipinski definition) is 5. The zero-order valence-electron chi connectivity index (χ0n) is 9.89. The predicted octanol–water partition coefficient (Wildman–Crippen LogP) is 0.439. The van der Waals surface area contributed by atoms with Crippen LogP contribution in [0.4, 0.5) is 10.1 Å². The minimum absolute atomic E-state index is 0.258. The third-order valence-electron chi connectivity index (χ3n) is 2.93. The molecule has 8 nitrogen and oxygen atoms in total. The average Bonchev–Trinajstić information content (AvgIpc) is 2.25. The van der Waals surface area contributed by atoms with Gasteiger partial charge in [-0.2, -0.15) is 4.31 Å². The number of carbonyl (C=O) groups is 1. The van der Waals surface area contributed by atoms with Gasteiger partial charge in [-0.15, -0.1) is 0 Å². The maximum absolute atomic E-state index is 13.0. The Morgan fingerprint density at radius 1 is 1.45 bits per heavy atom. The van der Waals surface area contributed by atoms with E-state index in [9.17, 15) is 27.7 Å². The fourth-order valence-electron chi connectivity index (χ4n) is 1.78. The molecule has 0 spiro atoms. The van der Waals surface area contributed by atoms with E-state index in [4.69, 9.17) is 5.11 Å². The van der Waals surface area contributed by atoms with Crippen LogP contribution < -0.4 is 0 Å². The first-order valence-corrected chi connectivity index (χ1v) is 6.84. The zero-order chi connectivity index (χ0) is 15.1. The molecule has 2 rings (SSSR count). The second-order valence-electron chi connectivity index (χ2n) is 4.23. The summed E-state index contributed by atoms with van der Waals surface area (Å²) in [6.07, 6.45) is 0. The summed E-state index contributed by atoms with van der Waals surface area (Å²) in [5.74, 6) is -2.89. The molecule has 1 aromatic carbocycles. The van der Waals surface area contributed by atoms with E-state index in [1.807, 2.05) is 0 Å². The van der Waals surface area contributed by atoms with E-state index in [0.29, 0.717) is 6.07 Å². The minimum Gasteiger partial charge on any atom is -0.481 e. The van der Waals surface area contributed by atoms with E-state index in [-0.39, 0.29) is 13.1 Å².